The van der Waals surface area contributed by atoms with Crippen molar-refractivity contribution in [3.8, 4) is 6.07 Å². The highest BCUT2D eigenvalue weighted by Gasteiger charge is 2.35. The smallest absolute Gasteiger partial charge is 0.271 e. The van der Waals surface area contributed by atoms with Gasteiger partial charge in [0.05, 0.1) is 16.3 Å². The molecule has 0 spiro atoms. The van der Waals surface area contributed by atoms with E-state index in [0.717, 1.165) is 29.7 Å². The molecule has 3 saturated heterocycles. The third kappa shape index (κ3) is 2.27. The lowest BCUT2D eigenvalue weighted by Gasteiger charge is -2.44. The predicted molar refractivity (Wildman–Crippen MR) is 84.8 cm³/mol. The van der Waals surface area contributed by atoms with E-state index in [2.05, 4.69) is 20.7 Å². The molecule has 2 aromatic rings. The molecule has 1 amide bonds. The number of hydrogen-bond acceptors (Lipinski definition) is 5. The second kappa shape index (κ2) is 5.34. The van der Waals surface area contributed by atoms with Gasteiger partial charge >= 0.3 is 0 Å². The lowest BCUT2D eigenvalue weighted by molar-refractivity contribution is 0.0619. The van der Waals surface area contributed by atoms with E-state index in [1.54, 1.807) is 12.1 Å². The van der Waals surface area contributed by atoms with Crippen LogP contribution in [0.1, 0.15) is 28.9 Å². The topological polar surface area (TPSA) is 69.0 Å². The standard InChI is InChI=1S/C16H16N4OS/c17-8-10-1-2-12-14(7-10)22-19-15(12)16(21)18-13-9-20-5-3-11(13)4-6-20/h1-2,7,11,13H,3-6,9H2,(H,18,21)/t13-/m0/s1. The molecule has 0 unspecified atom stereocenters. The van der Waals surface area contributed by atoms with Crippen LogP contribution >= 0.6 is 11.5 Å². The zero-order valence-corrected chi connectivity index (χ0v) is 12.9. The maximum absolute atomic E-state index is 12.6. The first-order valence-electron chi connectivity index (χ1n) is 7.57. The lowest BCUT2D eigenvalue weighted by Crippen LogP contribution is -2.57. The number of nitrogens with one attached hydrogen (secondary N) is 1. The van der Waals surface area contributed by atoms with Crippen molar-refractivity contribution in [3.63, 3.8) is 0 Å². The van der Waals surface area contributed by atoms with E-state index in [9.17, 15) is 4.79 Å². The number of rotatable bonds is 2. The second-order valence-corrected chi connectivity index (χ2v) is 6.88. The molecule has 1 aromatic heterocycles. The van der Waals surface area contributed by atoms with Crippen LogP contribution in [0.15, 0.2) is 18.2 Å². The normalized spacial score (nSPS) is 26.8. The number of benzene rings is 1. The van der Waals surface area contributed by atoms with Gasteiger partial charge in [0.1, 0.15) is 5.69 Å². The minimum Gasteiger partial charge on any atom is -0.346 e. The fourth-order valence-electron chi connectivity index (χ4n) is 3.54. The Morgan fingerprint density at radius 1 is 1.41 bits per heavy atom. The number of piperidine rings is 3. The molecular weight excluding hydrogens is 296 g/mol. The molecule has 3 fully saturated rings. The van der Waals surface area contributed by atoms with Crippen LogP contribution < -0.4 is 5.32 Å². The minimum atomic E-state index is -0.0882. The number of aromatic nitrogens is 1. The van der Waals surface area contributed by atoms with E-state index in [1.165, 1.54) is 24.4 Å². The summed E-state index contributed by atoms with van der Waals surface area (Å²) in [6, 6.07) is 7.71. The third-order valence-corrected chi connectivity index (χ3v) is 5.60. The zero-order valence-electron chi connectivity index (χ0n) is 12.1. The number of carbonyl (C=O) groups excluding carboxylic acids is 1. The van der Waals surface area contributed by atoms with Gasteiger partial charge in [0.25, 0.3) is 5.91 Å². The largest absolute Gasteiger partial charge is 0.346 e. The summed E-state index contributed by atoms with van der Waals surface area (Å²) in [6.07, 6.45) is 2.35. The first-order chi connectivity index (χ1) is 10.7. The Balaban J connectivity index is 1.57. The van der Waals surface area contributed by atoms with Crippen molar-refractivity contribution in [2.75, 3.05) is 19.6 Å². The van der Waals surface area contributed by atoms with Crippen molar-refractivity contribution >= 4 is 27.5 Å². The Morgan fingerprint density at radius 3 is 2.91 bits per heavy atom. The molecule has 3 aliphatic heterocycles. The average Bonchev–Trinajstić information content (AvgIpc) is 2.99. The number of fused-ring (bicyclic) bond motifs is 4. The molecule has 112 valence electrons. The summed E-state index contributed by atoms with van der Waals surface area (Å²) in [5.74, 6) is 0.513. The SMILES string of the molecule is N#Cc1ccc2c(C(=O)N[C@H]3CN4CCC3CC4)nsc2c1. The molecular formula is C16H16N4OS. The van der Waals surface area contributed by atoms with Crippen molar-refractivity contribution in [3.05, 3.63) is 29.5 Å². The Hall–Kier alpha value is -1.97. The molecule has 22 heavy (non-hydrogen) atoms. The van der Waals surface area contributed by atoms with Crippen molar-refractivity contribution in [1.82, 2.24) is 14.6 Å². The fourth-order valence-corrected chi connectivity index (χ4v) is 4.35. The first kappa shape index (κ1) is 13.7. The summed E-state index contributed by atoms with van der Waals surface area (Å²) in [6.45, 7) is 3.28. The lowest BCUT2D eigenvalue weighted by atomic mass is 9.84. The number of amides is 1. The van der Waals surface area contributed by atoms with E-state index < -0.39 is 0 Å². The molecule has 6 heteroatoms. The molecule has 1 N–H and O–H groups in total. The molecule has 5 rings (SSSR count). The van der Waals surface area contributed by atoms with Crippen LogP contribution in [0.25, 0.3) is 10.1 Å². The zero-order chi connectivity index (χ0) is 15.1. The van der Waals surface area contributed by atoms with Crippen LogP contribution in [0, 0.1) is 17.2 Å². The van der Waals surface area contributed by atoms with Crippen LogP contribution in [-0.2, 0) is 0 Å². The molecule has 1 aromatic carbocycles. The van der Waals surface area contributed by atoms with Gasteiger partial charge in [-0.2, -0.15) is 9.64 Å². The molecule has 5 nitrogen and oxygen atoms in total. The predicted octanol–water partition coefficient (Wildman–Crippen LogP) is 1.99. The van der Waals surface area contributed by atoms with Crippen molar-refractivity contribution < 1.29 is 4.79 Å². The van der Waals surface area contributed by atoms with Gasteiger partial charge in [0.15, 0.2) is 0 Å². The van der Waals surface area contributed by atoms with E-state index in [-0.39, 0.29) is 11.9 Å². The maximum Gasteiger partial charge on any atom is 0.271 e. The number of carbonyl (C=O) groups is 1. The molecule has 0 saturated carbocycles. The van der Waals surface area contributed by atoms with Gasteiger partial charge in [-0.15, -0.1) is 0 Å². The van der Waals surface area contributed by atoms with Gasteiger partial charge in [-0.1, -0.05) is 0 Å². The second-order valence-electron chi connectivity index (χ2n) is 6.07. The Bertz CT molecular complexity index is 770. The van der Waals surface area contributed by atoms with Gasteiger partial charge in [-0.3, -0.25) is 4.79 Å². The average molecular weight is 312 g/mol. The minimum absolute atomic E-state index is 0.0882. The van der Waals surface area contributed by atoms with E-state index in [0.29, 0.717) is 17.2 Å². The highest BCUT2D eigenvalue weighted by atomic mass is 32.1. The van der Waals surface area contributed by atoms with Crippen molar-refractivity contribution in [2.45, 2.75) is 18.9 Å². The van der Waals surface area contributed by atoms with Crippen LogP contribution in [0.4, 0.5) is 0 Å². The van der Waals surface area contributed by atoms with Crippen LogP contribution in [0.2, 0.25) is 0 Å². The van der Waals surface area contributed by atoms with Gasteiger partial charge in [-0.25, -0.2) is 0 Å². The highest BCUT2D eigenvalue weighted by molar-refractivity contribution is 7.13. The van der Waals surface area contributed by atoms with Gasteiger partial charge in [0.2, 0.25) is 0 Å². The third-order valence-electron chi connectivity index (χ3n) is 4.79. The number of nitriles is 1. The number of nitrogens with zero attached hydrogens (tertiary/aromatic N) is 3. The molecule has 0 radical (unpaired) electrons. The maximum atomic E-state index is 12.6. The summed E-state index contributed by atoms with van der Waals surface area (Å²) < 4.78 is 5.19. The quantitative estimate of drug-likeness (QED) is 0.921. The summed E-state index contributed by atoms with van der Waals surface area (Å²) in [5.41, 5.74) is 1.08. The van der Waals surface area contributed by atoms with Crippen LogP contribution in [-0.4, -0.2) is 40.9 Å². The summed E-state index contributed by atoms with van der Waals surface area (Å²) in [4.78, 5) is 15.0. The fraction of sp³-hybridized carbons (Fsp3) is 0.438. The van der Waals surface area contributed by atoms with Gasteiger partial charge in [0, 0.05) is 18.0 Å². The van der Waals surface area contributed by atoms with Crippen molar-refractivity contribution in [1.29, 1.82) is 5.26 Å². The number of hydrogen-bond donors (Lipinski definition) is 1. The van der Waals surface area contributed by atoms with E-state index in [1.807, 2.05) is 6.07 Å². The van der Waals surface area contributed by atoms with Crippen LogP contribution in [0.5, 0.6) is 0 Å². The molecule has 1 atom stereocenters. The highest BCUT2D eigenvalue weighted by Crippen LogP contribution is 2.28. The monoisotopic (exact) mass is 312 g/mol. The van der Waals surface area contributed by atoms with Gasteiger partial charge in [-0.05, 0) is 61.6 Å². The van der Waals surface area contributed by atoms with E-state index in [4.69, 9.17) is 5.26 Å². The van der Waals surface area contributed by atoms with E-state index >= 15 is 0 Å². The molecule has 0 aliphatic carbocycles. The molecule has 2 bridgehead atoms. The Kier molecular flexibility index (Phi) is 3.32. The van der Waals surface area contributed by atoms with Crippen molar-refractivity contribution in [2.24, 2.45) is 5.92 Å². The van der Waals surface area contributed by atoms with Crippen LogP contribution in [0.3, 0.4) is 0 Å². The Morgan fingerprint density at radius 2 is 2.23 bits per heavy atom. The molecule has 4 heterocycles. The Labute approximate surface area is 132 Å². The summed E-state index contributed by atoms with van der Waals surface area (Å²) in [7, 11) is 0. The molecule has 3 aliphatic rings. The summed E-state index contributed by atoms with van der Waals surface area (Å²) in [5, 5.41) is 12.9. The first-order valence-corrected chi connectivity index (χ1v) is 8.34. The summed E-state index contributed by atoms with van der Waals surface area (Å²) >= 11 is 1.28. The van der Waals surface area contributed by atoms with Gasteiger partial charge < -0.3 is 10.2 Å².